The van der Waals surface area contributed by atoms with Gasteiger partial charge in [0.1, 0.15) is 5.82 Å². The molecule has 1 saturated heterocycles. The first-order valence-electron chi connectivity index (χ1n) is 9.23. The van der Waals surface area contributed by atoms with Crippen molar-refractivity contribution in [2.45, 2.75) is 17.7 Å². The third-order valence-electron chi connectivity index (χ3n) is 4.64. The quantitative estimate of drug-likeness (QED) is 0.677. The van der Waals surface area contributed by atoms with E-state index in [0.29, 0.717) is 23.6 Å². The number of esters is 1. The van der Waals surface area contributed by atoms with Crippen molar-refractivity contribution in [1.82, 2.24) is 4.31 Å². The average molecular weight is 455 g/mol. The molecule has 30 heavy (non-hydrogen) atoms. The second kappa shape index (κ2) is 9.55. The molecule has 0 saturated carbocycles. The molecule has 10 heteroatoms. The molecule has 1 aliphatic heterocycles. The molecule has 1 aliphatic rings. The van der Waals surface area contributed by atoms with Crippen LogP contribution >= 0.6 is 11.6 Å². The third-order valence-corrected chi connectivity index (χ3v) is 6.77. The minimum Gasteiger partial charge on any atom is -0.455 e. The molecular formula is C20H20ClFN2O5S. The van der Waals surface area contributed by atoms with Crippen molar-refractivity contribution in [1.29, 1.82) is 0 Å². The number of carbonyl (C=O) groups is 2. The average Bonchev–Trinajstić information content (AvgIpc) is 2.74. The molecule has 1 N–H and O–H groups in total. The third kappa shape index (κ3) is 5.56. The van der Waals surface area contributed by atoms with Crippen molar-refractivity contribution in [3.05, 3.63) is 59.4 Å². The van der Waals surface area contributed by atoms with Gasteiger partial charge in [-0.2, -0.15) is 4.31 Å². The van der Waals surface area contributed by atoms with Gasteiger partial charge in [0.2, 0.25) is 10.0 Å². The fourth-order valence-corrected chi connectivity index (χ4v) is 4.74. The van der Waals surface area contributed by atoms with Gasteiger partial charge in [-0.25, -0.2) is 12.8 Å². The Labute approximate surface area is 178 Å². The summed E-state index contributed by atoms with van der Waals surface area (Å²) in [5.74, 6) is -2.37. The topological polar surface area (TPSA) is 92.8 Å². The zero-order valence-electron chi connectivity index (χ0n) is 15.9. The lowest BCUT2D eigenvalue weighted by Crippen LogP contribution is -2.43. The van der Waals surface area contributed by atoms with E-state index in [1.165, 1.54) is 16.4 Å². The summed E-state index contributed by atoms with van der Waals surface area (Å²) < 4.78 is 44.8. The van der Waals surface area contributed by atoms with E-state index in [9.17, 15) is 22.4 Å². The SMILES string of the molecule is O=C(COC(=O)C1CCCN(S(=O)(=O)c2ccc(F)cc2)C1)Nc1ccc(Cl)cc1. The fourth-order valence-electron chi connectivity index (χ4n) is 3.09. The van der Waals surface area contributed by atoms with Crippen LogP contribution in [0.4, 0.5) is 10.1 Å². The zero-order chi connectivity index (χ0) is 21.7. The van der Waals surface area contributed by atoms with Crippen LogP contribution in [0.3, 0.4) is 0 Å². The Morgan fingerprint density at radius 2 is 1.80 bits per heavy atom. The maximum atomic E-state index is 13.1. The number of hydrogen-bond donors (Lipinski definition) is 1. The molecule has 2 aromatic rings. The van der Waals surface area contributed by atoms with Crippen LogP contribution in [0.5, 0.6) is 0 Å². The molecule has 1 heterocycles. The molecule has 1 atom stereocenters. The number of nitrogens with zero attached hydrogens (tertiary/aromatic N) is 1. The second-order valence-electron chi connectivity index (χ2n) is 6.82. The first-order chi connectivity index (χ1) is 14.3. The normalized spacial score (nSPS) is 17.3. The lowest BCUT2D eigenvalue weighted by Gasteiger charge is -2.30. The van der Waals surface area contributed by atoms with Crippen LogP contribution in [0.25, 0.3) is 0 Å². The highest BCUT2D eigenvalue weighted by molar-refractivity contribution is 7.89. The maximum Gasteiger partial charge on any atom is 0.310 e. The summed E-state index contributed by atoms with van der Waals surface area (Å²) >= 11 is 5.78. The van der Waals surface area contributed by atoms with E-state index in [0.717, 1.165) is 12.1 Å². The zero-order valence-corrected chi connectivity index (χ0v) is 17.5. The predicted molar refractivity (Wildman–Crippen MR) is 109 cm³/mol. The van der Waals surface area contributed by atoms with Gasteiger partial charge in [-0.3, -0.25) is 9.59 Å². The van der Waals surface area contributed by atoms with Gasteiger partial charge >= 0.3 is 5.97 Å². The number of piperidine rings is 1. The molecule has 1 fully saturated rings. The number of nitrogens with one attached hydrogen (secondary N) is 1. The number of carbonyl (C=O) groups excluding carboxylic acids is 2. The van der Waals surface area contributed by atoms with Crippen LogP contribution in [-0.2, 0) is 24.3 Å². The Kier molecular flexibility index (Phi) is 7.06. The van der Waals surface area contributed by atoms with Crippen LogP contribution in [0.2, 0.25) is 5.02 Å². The fraction of sp³-hybridized carbons (Fsp3) is 0.300. The van der Waals surface area contributed by atoms with Crippen molar-refractivity contribution in [2.75, 3.05) is 25.0 Å². The van der Waals surface area contributed by atoms with Crippen molar-refractivity contribution in [3.8, 4) is 0 Å². The summed E-state index contributed by atoms with van der Waals surface area (Å²) in [4.78, 5) is 24.3. The van der Waals surface area contributed by atoms with Gasteiger partial charge in [0, 0.05) is 23.8 Å². The minimum absolute atomic E-state index is 0.0414. The van der Waals surface area contributed by atoms with E-state index in [1.807, 2.05) is 0 Å². The van der Waals surface area contributed by atoms with E-state index < -0.39 is 40.2 Å². The van der Waals surface area contributed by atoms with Gasteiger partial charge < -0.3 is 10.1 Å². The van der Waals surface area contributed by atoms with Crippen LogP contribution < -0.4 is 5.32 Å². The lowest BCUT2D eigenvalue weighted by atomic mass is 10.00. The van der Waals surface area contributed by atoms with Crippen molar-refractivity contribution >= 4 is 39.2 Å². The van der Waals surface area contributed by atoms with E-state index >= 15 is 0 Å². The summed E-state index contributed by atoms with van der Waals surface area (Å²) in [5, 5.41) is 3.10. The summed E-state index contributed by atoms with van der Waals surface area (Å²) in [6.07, 6.45) is 0.921. The lowest BCUT2D eigenvalue weighted by molar-refractivity contribution is -0.152. The van der Waals surface area contributed by atoms with E-state index in [4.69, 9.17) is 16.3 Å². The Morgan fingerprint density at radius 3 is 2.47 bits per heavy atom. The standard InChI is InChI=1S/C20H20ClFN2O5S/c21-15-3-7-17(8-4-15)23-19(25)13-29-20(26)14-2-1-11-24(12-14)30(27,28)18-9-5-16(22)6-10-18/h3-10,14H,1-2,11-13H2,(H,23,25). The van der Waals surface area contributed by atoms with Crippen LogP contribution in [0, 0.1) is 11.7 Å². The number of ether oxygens (including phenoxy) is 1. The van der Waals surface area contributed by atoms with Crippen LogP contribution in [0.15, 0.2) is 53.4 Å². The summed E-state index contributed by atoms with van der Waals surface area (Å²) in [5.41, 5.74) is 0.509. The molecule has 0 spiro atoms. The highest BCUT2D eigenvalue weighted by atomic mass is 35.5. The van der Waals surface area contributed by atoms with E-state index in [1.54, 1.807) is 24.3 Å². The number of hydrogen-bond acceptors (Lipinski definition) is 5. The number of sulfonamides is 1. The molecule has 0 aliphatic carbocycles. The van der Waals surface area contributed by atoms with Crippen LogP contribution in [0.1, 0.15) is 12.8 Å². The van der Waals surface area contributed by atoms with Crippen LogP contribution in [-0.4, -0.2) is 44.3 Å². The number of anilines is 1. The Bertz CT molecular complexity index is 1010. The molecule has 160 valence electrons. The van der Waals surface area contributed by atoms with E-state index in [-0.39, 0.29) is 18.0 Å². The van der Waals surface area contributed by atoms with Gasteiger partial charge in [0.25, 0.3) is 5.91 Å². The Balaban J connectivity index is 1.55. The van der Waals surface area contributed by atoms with Gasteiger partial charge in [0.15, 0.2) is 6.61 Å². The Hall–Kier alpha value is -2.49. The van der Waals surface area contributed by atoms with Crippen molar-refractivity contribution in [3.63, 3.8) is 0 Å². The minimum atomic E-state index is -3.85. The van der Waals surface area contributed by atoms with E-state index in [2.05, 4.69) is 5.32 Å². The molecule has 0 radical (unpaired) electrons. The number of halogens is 2. The number of benzene rings is 2. The highest BCUT2D eigenvalue weighted by Crippen LogP contribution is 2.24. The molecule has 1 unspecified atom stereocenters. The summed E-state index contributed by atoms with van der Waals surface area (Å²) in [6, 6.07) is 11.0. The second-order valence-corrected chi connectivity index (χ2v) is 9.19. The monoisotopic (exact) mass is 454 g/mol. The number of rotatable bonds is 6. The van der Waals surface area contributed by atoms with Gasteiger partial charge in [-0.1, -0.05) is 11.6 Å². The predicted octanol–water partition coefficient (Wildman–Crippen LogP) is 3.06. The first-order valence-corrected chi connectivity index (χ1v) is 11.1. The molecule has 1 amide bonds. The largest absolute Gasteiger partial charge is 0.455 e. The smallest absolute Gasteiger partial charge is 0.310 e. The molecular weight excluding hydrogens is 435 g/mol. The molecule has 3 rings (SSSR count). The molecule has 0 aromatic heterocycles. The Morgan fingerprint density at radius 1 is 1.13 bits per heavy atom. The van der Waals surface area contributed by atoms with Crippen molar-refractivity contribution < 1.29 is 27.1 Å². The van der Waals surface area contributed by atoms with Gasteiger partial charge in [-0.05, 0) is 61.4 Å². The first kappa shape index (κ1) is 22.2. The maximum absolute atomic E-state index is 13.1. The van der Waals surface area contributed by atoms with Gasteiger partial charge in [0.05, 0.1) is 10.8 Å². The molecule has 2 aromatic carbocycles. The summed E-state index contributed by atoms with van der Waals surface area (Å²) in [6.45, 7) is -0.291. The molecule has 0 bridgehead atoms. The van der Waals surface area contributed by atoms with Gasteiger partial charge in [-0.15, -0.1) is 0 Å². The highest BCUT2D eigenvalue weighted by Gasteiger charge is 2.34. The summed E-state index contributed by atoms with van der Waals surface area (Å²) in [7, 11) is -3.85. The molecule has 7 nitrogen and oxygen atoms in total. The number of amides is 1. The van der Waals surface area contributed by atoms with Crippen molar-refractivity contribution in [2.24, 2.45) is 5.92 Å².